The maximum atomic E-state index is 12.9. The number of nitrogens with zero attached hydrogens (tertiary/aromatic N) is 6. The van der Waals surface area contributed by atoms with E-state index in [-0.39, 0.29) is 6.03 Å². The van der Waals surface area contributed by atoms with Gasteiger partial charge in [0.05, 0.1) is 0 Å². The SMILES string of the molecule is Cc1nnc(-c2ccc3cnc(NC(=O)N4CCC(N5CCN(C)CC5)CC4)cc3c2)s1. The van der Waals surface area contributed by atoms with Gasteiger partial charge < -0.3 is 9.80 Å². The molecule has 2 fully saturated rings. The van der Waals surface area contributed by atoms with Crippen molar-refractivity contribution in [2.45, 2.75) is 25.8 Å². The van der Waals surface area contributed by atoms with Crippen LogP contribution in [0.2, 0.25) is 0 Å². The second kappa shape index (κ2) is 9.09. The number of piperazine rings is 1. The van der Waals surface area contributed by atoms with E-state index in [0.717, 1.165) is 78.5 Å². The van der Waals surface area contributed by atoms with Gasteiger partial charge in [-0.3, -0.25) is 10.2 Å². The van der Waals surface area contributed by atoms with Crippen LogP contribution in [-0.4, -0.2) is 88.3 Å². The lowest BCUT2D eigenvalue weighted by atomic mass is 10.0. The number of hydrogen-bond donors (Lipinski definition) is 1. The minimum atomic E-state index is -0.0652. The summed E-state index contributed by atoms with van der Waals surface area (Å²) in [6, 6.07) is 8.60. The Morgan fingerprint density at radius 1 is 1.03 bits per heavy atom. The monoisotopic (exact) mass is 451 g/mol. The molecule has 2 aliphatic heterocycles. The van der Waals surface area contributed by atoms with Gasteiger partial charge in [-0.2, -0.15) is 0 Å². The zero-order chi connectivity index (χ0) is 22.1. The number of pyridine rings is 1. The Hall–Kier alpha value is -2.62. The van der Waals surface area contributed by atoms with Crippen LogP contribution in [0, 0.1) is 6.92 Å². The number of carbonyl (C=O) groups excluding carboxylic acids is 1. The summed E-state index contributed by atoms with van der Waals surface area (Å²) in [6.07, 6.45) is 3.87. The van der Waals surface area contributed by atoms with Gasteiger partial charge in [0.25, 0.3) is 0 Å². The molecule has 0 atom stereocenters. The average Bonchev–Trinajstić information content (AvgIpc) is 3.25. The number of likely N-dealkylation sites (tertiary alicyclic amines) is 1. The van der Waals surface area contributed by atoms with Crippen LogP contribution in [0.3, 0.4) is 0 Å². The number of anilines is 1. The molecule has 1 aromatic carbocycles. The number of carbonyl (C=O) groups is 1. The minimum absolute atomic E-state index is 0.0652. The van der Waals surface area contributed by atoms with Gasteiger partial charge in [-0.25, -0.2) is 9.78 Å². The van der Waals surface area contributed by atoms with Crippen molar-refractivity contribution in [1.29, 1.82) is 0 Å². The molecule has 2 aliphatic rings. The van der Waals surface area contributed by atoms with Crippen molar-refractivity contribution in [1.82, 2.24) is 29.9 Å². The van der Waals surface area contributed by atoms with E-state index in [9.17, 15) is 4.79 Å². The van der Waals surface area contributed by atoms with Crippen LogP contribution in [0.15, 0.2) is 30.5 Å². The Morgan fingerprint density at radius 3 is 2.53 bits per heavy atom. The topological polar surface area (TPSA) is 77.5 Å². The Kier molecular flexibility index (Phi) is 6.03. The summed E-state index contributed by atoms with van der Waals surface area (Å²) in [4.78, 5) is 24.2. The third kappa shape index (κ3) is 4.60. The van der Waals surface area contributed by atoms with Crippen LogP contribution < -0.4 is 5.32 Å². The normalized spacial score (nSPS) is 18.9. The van der Waals surface area contributed by atoms with Gasteiger partial charge in [0.1, 0.15) is 15.8 Å². The lowest BCUT2D eigenvalue weighted by Gasteiger charge is -2.42. The van der Waals surface area contributed by atoms with Gasteiger partial charge in [-0.05, 0) is 44.3 Å². The molecule has 5 rings (SSSR count). The number of nitrogens with one attached hydrogen (secondary N) is 1. The average molecular weight is 452 g/mol. The number of likely N-dealkylation sites (N-methyl/N-ethyl adjacent to an activating group) is 1. The predicted molar refractivity (Wildman–Crippen MR) is 128 cm³/mol. The van der Waals surface area contributed by atoms with E-state index in [2.05, 4.69) is 43.4 Å². The van der Waals surface area contributed by atoms with Crippen molar-refractivity contribution in [3.8, 4) is 10.6 Å². The summed E-state index contributed by atoms with van der Waals surface area (Å²) in [5.74, 6) is 0.578. The molecule has 4 heterocycles. The Bertz CT molecular complexity index is 1100. The molecule has 0 aliphatic carbocycles. The van der Waals surface area contributed by atoms with Crippen LogP contribution in [0.25, 0.3) is 21.3 Å². The van der Waals surface area contributed by atoms with Crippen molar-refractivity contribution < 1.29 is 4.79 Å². The predicted octanol–water partition coefficient (Wildman–Crippen LogP) is 3.31. The maximum Gasteiger partial charge on any atom is 0.323 e. The highest BCUT2D eigenvalue weighted by Gasteiger charge is 2.28. The maximum absolute atomic E-state index is 12.9. The Morgan fingerprint density at radius 2 is 1.81 bits per heavy atom. The number of fused-ring (bicyclic) bond motifs is 1. The van der Waals surface area contributed by atoms with E-state index >= 15 is 0 Å². The molecule has 2 amide bonds. The number of aromatic nitrogens is 3. The van der Waals surface area contributed by atoms with E-state index in [1.165, 1.54) is 0 Å². The van der Waals surface area contributed by atoms with Crippen molar-refractivity contribution in [3.05, 3.63) is 35.5 Å². The second-order valence-corrected chi connectivity index (χ2v) is 9.93. The molecular formula is C23H29N7OS. The molecule has 2 saturated heterocycles. The first-order valence-corrected chi connectivity index (χ1v) is 12.1. The molecule has 8 nitrogen and oxygen atoms in total. The van der Waals surface area contributed by atoms with Crippen LogP contribution >= 0.6 is 11.3 Å². The summed E-state index contributed by atoms with van der Waals surface area (Å²) in [5.41, 5.74) is 1.03. The summed E-state index contributed by atoms with van der Waals surface area (Å²) < 4.78 is 0. The van der Waals surface area contributed by atoms with Gasteiger partial charge in [-0.1, -0.05) is 23.5 Å². The highest BCUT2D eigenvalue weighted by Crippen LogP contribution is 2.27. The summed E-state index contributed by atoms with van der Waals surface area (Å²) in [5, 5.41) is 15.2. The zero-order valence-electron chi connectivity index (χ0n) is 18.6. The first-order chi connectivity index (χ1) is 15.5. The number of hydrogen-bond acceptors (Lipinski definition) is 7. The Labute approximate surface area is 192 Å². The van der Waals surface area contributed by atoms with Crippen LogP contribution in [0.1, 0.15) is 17.8 Å². The fourth-order valence-electron chi connectivity index (χ4n) is 4.57. The van der Waals surface area contributed by atoms with Crippen LogP contribution in [0.4, 0.5) is 10.6 Å². The molecule has 1 N–H and O–H groups in total. The zero-order valence-corrected chi connectivity index (χ0v) is 19.4. The standard InChI is InChI=1S/C23H29N7OS/c1-16-26-27-22(32-16)17-3-4-18-15-24-21(14-19(18)13-17)25-23(31)30-7-5-20(6-8-30)29-11-9-28(2)10-12-29/h3-4,13-15,20H,5-12H2,1-2H3,(H,24,25,31). The molecule has 0 unspecified atom stereocenters. The van der Waals surface area contributed by atoms with Crippen molar-refractivity contribution in [3.63, 3.8) is 0 Å². The molecule has 0 radical (unpaired) electrons. The molecule has 0 bridgehead atoms. The van der Waals surface area contributed by atoms with Gasteiger partial charge in [-0.15, -0.1) is 10.2 Å². The van der Waals surface area contributed by atoms with E-state index in [4.69, 9.17) is 0 Å². The van der Waals surface area contributed by atoms with E-state index < -0.39 is 0 Å². The molecule has 3 aromatic rings. The number of aryl methyl sites for hydroxylation is 1. The number of piperidine rings is 1. The molecule has 0 spiro atoms. The van der Waals surface area contributed by atoms with E-state index in [1.54, 1.807) is 17.5 Å². The Balaban J connectivity index is 1.22. The van der Waals surface area contributed by atoms with Gasteiger partial charge in [0.15, 0.2) is 0 Å². The summed E-state index contributed by atoms with van der Waals surface area (Å²) >= 11 is 1.57. The summed E-state index contributed by atoms with van der Waals surface area (Å²) in [7, 11) is 2.18. The molecule has 32 heavy (non-hydrogen) atoms. The van der Waals surface area contributed by atoms with Crippen LogP contribution in [0.5, 0.6) is 0 Å². The van der Waals surface area contributed by atoms with Gasteiger partial charge in [0, 0.05) is 62.5 Å². The second-order valence-electron chi connectivity index (χ2n) is 8.75. The molecule has 2 aromatic heterocycles. The van der Waals surface area contributed by atoms with Gasteiger partial charge in [0.2, 0.25) is 0 Å². The van der Waals surface area contributed by atoms with Crippen molar-refractivity contribution in [2.75, 3.05) is 51.6 Å². The minimum Gasteiger partial charge on any atom is -0.324 e. The quantitative estimate of drug-likeness (QED) is 0.658. The smallest absolute Gasteiger partial charge is 0.323 e. The number of rotatable bonds is 3. The van der Waals surface area contributed by atoms with Crippen molar-refractivity contribution >= 4 is 34.0 Å². The molecule has 168 valence electrons. The lowest BCUT2D eigenvalue weighted by Crippen LogP contribution is -2.53. The summed E-state index contributed by atoms with van der Waals surface area (Å²) in [6.45, 7) is 8.06. The third-order valence-electron chi connectivity index (χ3n) is 6.54. The molecule has 9 heteroatoms. The highest BCUT2D eigenvalue weighted by molar-refractivity contribution is 7.14. The first kappa shape index (κ1) is 21.2. The number of benzene rings is 1. The van der Waals surface area contributed by atoms with E-state index in [1.807, 2.05) is 30.0 Å². The van der Waals surface area contributed by atoms with Crippen molar-refractivity contribution in [2.24, 2.45) is 0 Å². The highest BCUT2D eigenvalue weighted by atomic mass is 32.1. The first-order valence-electron chi connectivity index (χ1n) is 11.2. The lowest BCUT2D eigenvalue weighted by molar-refractivity contribution is 0.0765. The fourth-order valence-corrected chi connectivity index (χ4v) is 5.25. The third-order valence-corrected chi connectivity index (χ3v) is 7.42. The largest absolute Gasteiger partial charge is 0.324 e. The molecule has 0 saturated carbocycles. The number of amides is 2. The van der Waals surface area contributed by atoms with Crippen LogP contribution in [-0.2, 0) is 0 Å². The van der Waals surface area contributed by atoms with E-state index in [0.29, 0.717) is 11.9 Å². The fraction of sp³-hybridized carbons (Fsp3) is 0.478. The van der Waals surface area contributed by atoms with Gasteiger partial charge >= 0.3 is 6.03 Å². The number of urea groups is 1. The molecular weight excluding hydrogens is 422 g/mol.